The Kier molecular flexibility index (Phi) is 9.38. The van der Waals surface area contributed by atoms with Crippen LogP contribution in [0.4, 0.5) is 4.79 Å². The third-order valence-corrected chi connectivity index (χ3v) is 9.52. The molecule has 4 fully saturated rings. The summed E-state index contributed by atoms with van der Waals surface area (Å²) in [5.41, 5.74) is 0.709. The lowest BCUT2D eigenvalue weighted by atomic mass is 9.72. The molecule has 3 N–H and O–H groups in total. The van der Waals surface area contributed by atoms with E-state index in [4.69, 9.17) is 9.47 Å². The van der Waals surface area contributed by atoms with Gasteiger partial charge in [-0.2, -0.15) is 0 Å². The number of rotatable bonds is 8. The van der Waals surface area contributed by atoms with Crippen molar-refractivity contribution in [1.29, 1.82) is 0 Å². The molecule has 2 aliphatic heterocycles. The first-order valence-electron chi connectivity index (χ1n) is 15.5. The van der Waals surface area contributed by atoms with Gasteiger partial charge in [-0.1, -0.05) is 49.6 Å². The highest BCUT2D eigenvalue weighted by Crippen LogP contribution is 2.39. The first kappa shape index (κ1) is 29.3. The number of hydrogen-bond acceptors (Lipinski definition) is 6. The van der Waals surface area contributed by atoms with Crippen molar-refractivity contribution in [2.75, 3.05) is 19.7 Å². The molecule has 0 unspecified atom stereocenters. The maximum Gasteiger partial charge on any atom is 0.407 e. The number of carbonyl (C=O) groups excluding carboxylic acids is 2. The second-order valence-corrected chi connectivity index (χ2v) is 13.6. The van der Waals surface area contributed by atoms with E-state index in [1.165, 1.54) is 25.7 Å². The fourth-order valence-corrected chi connectivity index (χ4v) is 7.55. The van der Waals surface area contributed by atoms with Crippen LogP contribution in [0.5, 0.6) is 0 Å². The zero-order valence-corrected chi connectivity index (χ0v) is 24.5. The van der Waals surface area contributed by atoms with Crippen LogP contribution in [0.25, 0.3) is 0 Å². The SMILES string of the molecule is CC(C)(C)NC(=O)[C@@H]1C[C@@H]2CCCC[C@@H]2CN1C[C@@H](O)[C@H](Cc1ccccc1)NC(=O)O[C@H]1CC[C@H]2OCC[C@@H]12. The summed E-state index contributed by atoms with van der Waals surface area (Å²) in [6.45, 7) is 7.88. The van der Waals surface area contributed by atoms with Gasteiger partial charge in [0.15, 0.2) is 0 Å². The normalized spacial score (nSPS) is 32.0. The predicted octanol–water partition coefficient (Wildman–Crippen LogP) is 4.05. The molecule has 2 heterocycles. The van der Waals surface area contributed by atoms with Gasteiger partial charge in [0.05, 0.1) is 24.3 Å². The molecule has 1 aromatic rings. The van der Waals surface area contributed by atoms with Crippen LogP contribution >= 0.6 is 0 Å². The molecule has 8 heteroatoms. The lowest BCUT2D eigenvalue weighted by Gasteiger charge is -2.47. The second kappa shape index (κ2) is 12.8. The molecule has 4 aliphatic rings. The number of nitrogens with one attached hydrogen (secondary N) is 2. The minimum Gasteiger partial charge on any atom is -0.446 e. The second-order valence-electron chi connectivity index (χ2n) is 13.6. The van der Waals surface area contributed by atoms with Gasteiger partial charge in [-0.3, -0.25) is 9.69 Å². The Labute approximate surface area is 239 Å². The number of amides is 2. The summed E-state index contributed by atoms with van der Waals surface area (Å²) in [6.07, 6.45) is 7.51. The number of aliphatic hydroxyl groups is 1. The molecule has 2 saturated heterocycles. The Hall–Kier alpha value is -2.16. The van der Waals surface area contributed by atoms with Crippen LogP contribution in [0.3, 0.4) is 0 Å². The summed E-state index contributed by atoms with van der Waals surface area (Å²) < 4.78 is 11.7. The fourth-order valence-electron chi connectivity index (χ4n) is 7.55. The van der Waals surface area contributed by atoms with Gasteiger partial charge in [0.1, 0.15) is 6.10 Å². The molecule has 8 nitrogen and oxygen atoms in total. The van der Waals surface area contributed by atoms with Crippen molar-refractivity contribution < 1.29 is 24.2 Å². The first-order valence-corrected chi connectivity index (χ1v) is 15.5. The van der Waals surface area contributed by atoms with E-state index in [2.05, 4.69) is 15.5 Å². The smallest absolute Gasteiger partial charge is 0.407 e. The number of piperidine rings is 1. The number of β-amino-alcohol motifs (C(OH)–C–C–N with tert-alkyl or cyclic N) is 1. The molecule has 40 heavy (non-hydrogen) atoms. The van der Waals surface area contributed by atoms with Crippen molar-refractivity contribution >= 4 is 12.0 Å². The molecule has 2 amide bonds. The Morgan fingerprint density at radius 3 is 2.58 bits per heavy atom. The Bertz CT molecular complexity index is 998. The fraction of sp³-hybridized carbons (Fsp3) is 0.750. The molecule has 0 radical (unpaired) electrons. The van der Waals surface area contributed by atoms with Gasteiger partial charge in [-0.15, -0.1) is 0 Å². The number of benzene rings is 1. The largest absolute Gasteiger partial charge is 0.446 e. The minimum absolute atomic E-state index is 0.0327. The molecular formula is C32H49N3O5. The summed E-state index contributed by atoms with van der Waals surface area (Å²) in [5.74, 6) is 1.40. The van der Waals surface area contributed by atoms with Crippen LogP contribution in [0.15, 0.2) is 30.3 Å². The average Bonchev–Trinajstić information content (AvgIpc) is 3.53. The maximum absolute atomic E-state index is 13.5. The van der Waals surface area contributed by atoms with Crippen molar-refractivity contribution in [3.63, 3.8) is 0 Å². The number of fused-ring (bicyclic) bond motifs is 2. The van der Waals surface area contributed by atoms with Crippen LogP contribution in [0.1, 0.15) is 77.7 Å². The van der Waals surface area contributed by atoms with Gasteiger partial charge >= 0.3 is 6.09 Å². The topological polar surface area (TPSA) is 100 Å². The van der Waals surface area contributed by atoms with E-state index < -0.39 is 18.2 Å². The molecule has 0 aromatic heterocycles. The number of hydrogen-bond donors (Lipinski definition) is 3. The third kappa shape index (κ3) is 7.37. The first-order chi connectivity index (χ1) is 19.2. The standard InChI is InChI=1S/C32H49N3O5/c1-32(2,3)34-30(37)26-18-22-11-7-8-12-23(22)19-35(26)20-27(36)25(17-21-9-5-4-6-10-21)33-31(38)40-29-14-13-28-24(29)15-16-39-28/h4-6,9-10,22-29,36H,7-8,11-20H2,1-3H3,(H,33,38)(H,34,37)/t22-,23+,24+,25-,26-,27+,28+,29-/m0/s1. The van der Waals surface area contributed by atoms with E-state index in [1.807, 2.05) is 51.1 Å². The predicted molar refractivity (Wildman–Crippen MR) is 154 cm³/mol. The molecule has 8 atom stereocenters. The van der Waals surface area contributed by atoms with Gasteiger partial charge in [0.2, 0.25) is 5.91 Å². The zero-order valence-electron chi connectivity index (χ0n) is 24.5. The minimum atomic E-state index is -0.857. The van der Waals surface area contributed by atoms with Crippen molar-refractivity contribution in [2.24, 2.45) is 17.8 Å². The molecule has 0 bridgehead atoms. The maximum atomic E-state index is 13.5. The number of carbonyl (C=O) groups is 2. The van der Waals surface area contributed by atoms with Crippen LogP contribution in [0.2, 0.25) is 0 Å². The zero-order chi connectivity index (χ0) is 28.3. The molecule has 1 aromatic carbocycles. The number of alkyl carbamates (subject to hydrolysis) is 1. The quantitative estimate of drug-likeness (QED) is 0.448. The highest BCUT2D eigenvalue weighted by molar-refractivity contribution is 5.82. The summed E-state index contributed by atoms with van der Waals surface area (Å²) >= 11 is 0. The van der Waals surface area contributed by atoms with Gasteiger partial charge < -0.3 is 25.2 Å². The monoisotopic (exact) mass is 555 g/mol. The summed E-state index contributed by atoms with van der Waals surface area (Å²) in [5, 5.41) is 17.9. The van der Waals surface area contributed by atoms with Crippen LogP contribution in [0, 0.1) is 17.8 Å². The van der Waals surface area contributed by atoms with Crippen molar-refractivity contribution in [2.45, 2.75) is 114 Å². The third-order valence-electron chi connectivity index (χ3n) is 9.52. The summed E-state index contributed by atoms with van der Waals surface area (Å²) in [4.78, 5) is 28.8. The molecule has 2 aliphatic carbocycles. The summed E-state index contributed by atoms with van der Waals surface area (Å²) in [6, 6.07) is 9.10. The Balaban J connectivity index is 1.29. The van der Waals surface area contributed by atoms with Crippen molar-refractivity contribution in [1.82, 2.24) is 15.5 Å². The van der Waals surface area contributed by atoms with Crippen molar-refractivity contribution in [3.8, 4) is 0 Å². The molecule has 0 spiro atoms. The summed E-state index contributed by atoms with van der Waals surface area (Å²) in [7, 11) is 0. The number of nitrogens with zero attached hydrogens (tertiary/aromatic N) is 1. The van der Waals surface area contributed by atoms with Gasteiger partial charge in [-0.25, -0.2) is 4.79 Å². The number of ether oxygens (including phenoxy) is 2. The Morgan fingerprint density at radius 1 is 1.07 bits per heavy atom. The molecular weight excluding hydrogens is 506 g/mol. The van der Waals surface area contributed by atoms with E-state index in [1.54, 1.807) is 0 Å². The number of likely N-dealkylation sites (tertiary alicyclic amines) is 1. The number of aliphatic hydroxyl groups excluding tert-OH is 1. The van der Waals surface area contributed by atoms with Crippen LogP contribution < -0.4 is 10.6 Å². The molecule has 5 rings (SSSR count). The Morgan fingerprint density at radius 2 is 1.82 bits per heavy atom. The van der Waals surface area contributed by atoms with E-state index >= 15 is 0 Å². The highest BCUT2D eigenvalue weighted by atomic mass is 16.6. The van der Waals surface area contributed by atoms with Gasteiger partial charge in [0.25, 0.3) is 0 Å². The average molecular weight is 556 g/mol. The van der Waals surface area contributed by atoms with Crippen LogP contribution in [-0.4, -0.2) is 77.6 Å². The van der Waals surface area contributed by atoms with Gasteiger partial charge in [-0.05, 0) is 76.7 Å². The molecule has 2 saturated carbocycles. The van der Waals surface area contributed by atoms with E-state index in [9.17, 15) is 14.7 Å². The van der Waals surface area contributed by atoms with E-state index in [-0.39, 0.29) is 35.6 Å². The van der Waals surface area contributed by atoms with Crippen molar-refractivity contribution in [3.05, 3.63) is 35.9 Å². The lowest BCUT2D eigenvalue weighted by Crippen LogP contribution is -2.60. The lowest BCUT2D eigenvalue weighted by molar-refractivity contribution is -0.132. The molecule has 222 valence electrons. The van der Waals surface area contributed by atoms with Crippen LogP contribution in [-0.2, 0) is 20.7 Å². The highest BCUT2D eigenvalue weighted by Gasteiger charge is 2.44. The van der Waals surface area contributed by atoms with E-state index in [0.717, 1.165) is 44.4 Å². The van der Waals surface area contributed by atoms with E-state index in [0.29, 0.717) is 24.8 Å². The van der Waals surface area contributed by atoms with Gasteiger partial charge in [0, 0.05) is 31.2 Å².